The number of rotatable bonds is 11. The van der Waals surface area contributed by atoms with E-state index >= 15 is 0 Å². The van der Waals surface area contributed by atoms with Gasteiger partial charge in [-0.25, -0.2) is 4.98 Å². The van der Waals surface area contributed by atoms with E-state index in [0.29, 0.717) is 27.9 Å². The van der Waals surface area contributed by atoms with Crippen molar-refractivity contribution in [2.24, 2.45) is 5.10 Å². The van der Waals surface area contributed by atoms with E-state index in [1.54, 1.807) is 38.3 Å². The third-order valence-corrected chi connectivity index (χ3v) is 8.69. The largest absolute Gasteiger partial charge is 0.496 e. The Hall–Kier alpha value is -4.55. The molecular weight excluding hydrogens is 732 g/mol. The molecular formula is C35H32Br2N4O6. The molecule has 0 saturated heterocycles. The highest BCUT2D eigenvalue weighted by Gasteiger charge is 2.24. The number of nitrogens with zero attached hydrogens (tertiary/aromatic N) is 4. The van der Waals surface area contributed by atoms with Gasteiger partial charge in [-0.2, -0.15) is 9.78 Å². The molecule has 1 heterocycles. The molecule has 0 N–H and O–H groups in total. The molecule has 0 unspecified atom stereocenters. The predicted octanol–water partition coefficient (Wildman–Crippen LogP) is 8.80. The van der Waals surface area contributed by atoms with Crippen molar-refractivity contribution in [2.75, 3.05) is 13.7 Å². The predicted molar refractivity (Wildman–Crippen MR) is 190 cm³/mol. The highest BCUT2D eigenvalue weighted by atomic mass is 79.9. The minimum Gasteiger partial charge on any atom is -0.496 e. The monoisotopic (exact) mass is 762 g/mol. The van der Waals surface area contributed by atoms with Crippen LogP contribution < -0.4 is 19.8 Å². The molecule has 5 rings (SSSR count). The van der Waals surface area contributed by atoms with E-state index in [9.17, 15) is 14.9 Å². The van der Waals surface area contributed by atoms with E-state index in [1.165, 1.54) is 17.0 Å². The molecule has 12 heteroatoms. The number of aromatic nitrogens is 2. The van der Waals surface area contributed by atoms with Crippen LogP contribution in [0, 0.1) is 17.0 Å². The van der Waals surface area contributed by atoms with Crippen molar-refractivity contribution in [1.82, 2.24) is 9.66 Å². The van der Waals surface area contributed by atoms with E-state index in [1.807, 2.05) is 43.3 Å². The van der Waals surface area contributed by atoms with Crippen LogP contribution in [0.2, 0.25) is 0 Å². The van der Waals surface area contributed by atoms with Gasteiger partial charge in [0.1, 0.15) is 12.4 Å². The summed E-state index contributed by atoms with van der Waals surface area (Å²) in [7, 11) is 1.63. The first-order chi connectivity index (χ1) is 22.5. The SMILES string of the molecule is CCOc1cc(C=Nn2c(-c3cc(C(C)C)c(OC)cc3C)nc3ccccc3c2=O)cc([N+](=O)[O-])c1OCc1ccc(Br)cc1Br. The maximum atomic E-state index is 13.9. The lowest BCUT2D eigenvalue weighted by atomic mass is 9.96. The molecule has 0 fully saturated rings. The van der Waals surface area contributed by atoms with Crippen molar-refractivity contribution in [3.05, 3.63) is 118 Å². The summed E-state index contributed by atoms with van der Waals surface area (Å²) < 4.78 is 20.3. The first kappa shape index (κ1) is 33.8. The maximum absolute atomic E-state index is 13.9. The van der Waals surface area contributed by atoms with Gasteiger partial charge in [-0.3, -0.25) is 14.9 Å². The number of para-hydroxylation sites is 1. The van der Waals surface area contributed by atoms with Crippen molar-refractivity contribution in [1.29, 1.82) is 0 Å². The second-order valence-corrected chi connectivity index (χ2v) is 12.7. The standard InChI is InChI=1S/C35H32Br2N4O6/c1-6-46-32-15-22(14-30(41(43)44)33(32)47-19-23-11-12-24(36)16-28(23)37)18-38-40-34(39-29-10-8-7-9-25(29)35(40)42)27-17-26(20(2)3)31(45-5)13-21(27)4/h7-18,20H,6,19H2,1-5H3. The Labute approximate surface area is 288 Å². The van der Waals surface area contributed by atoms with Gasteiger partial charge in [0.15, 0.2) is 11.6 Å². The van der Waals surface area contributed by atoms with Crippen molar-refractivity contribution < 1.29 is 19.1 Å². The van der Waals surface area contributed by atoms with Gasteiger partial charge < -0.3 is 14.2 Å². The van der Waals surface area contributed by atoms with Gasteiger partial charge in [0, 0.05) is 31.7 Å². The van der Waals surface area contributed by atoms with Gasteiger partial charge in [0.25, 0.3) is 5.56 Å². The number of methoxy groups -OCH3 is 1. The van der Waals surface area contributed by atoms with Crippen molar-refractivity contribution in [3.63, 3.8) is 0 Å². The van der Waals surface area contributed by atoms with Crippen LogP contribution in [0.15, 0.2) is 85.6 Å². The minimum absolute atomic E-state index is 0.0101. The summed E-state index contributed by atoms with van der Waals surface area (Å²) in [6.07, 6.45) is 1.38. The molecule has 4 aromatic carbocycles. The normalized spacial score (nSPS) is 11.4. The summed E-state index contributed by atoms with van der Waals surface area (Å²) in [5.41, 5.74) is 3.45. The zero-order valence-corrected chi connectivity index (χ0v) is 29.6. The van der Waals surface area contributed by atoms with Crippen LogP contribution in [-0.4, -0.2) is 34.5 Å². The molecule has 5 aromatic rings. The van der Waals surface area contributed by atoms with Gasteiger partial charge in [0.05, 0.1) is 35.8 Å². The van der Waals surface area contributed by atoms with Crippen LogP contribution in [0.5, 0.6) is 17.2 Å². The fourth-order valence-electron chi connectivity index (χ4n) is 5.11. The van der Waals surface area contributed by atoms with Gasteiger partial charge in [-0.05, 0) is 73.4 Å². The highest BCUT2D eigenvalue weighted by Crippen LogP contribution is 2.39. The van der Waals surface area contributed by atoms with Crippen LogP contribution in [0.25, 0.3) is 22.3 Å². The van der Waals surface area contributed by atoms with Crippen LogP contribution >= 0.6 is 31.9 Å². The number of aryl methyl sites for hydroxylation is 1. The fraction of sp³-hybridized carbons (Fsp3) is 0.229. The molecule has 242 valence electrons. The summed E-state index contributed by atoms with van der Waals surface area (Å²) >= 11 is 6.93. The van der Waals surface area contributed by atoms with E-state index in [-0.39, 0.29) is 41.9 Å². The molecule has 0 radical (unpaired) electrons. The quantitative estimate of drug-likeness (QED) is 0.0750. The number of nitro benzene ring substituents is 1. The Morgan fingerprint density at radius 3 is 2.49 bits per heavy atom. The summed E-state index contributed by atoms with van der Waals surface area (Å²) in [5.74, 6) is 1.37. The van der Waals surface area contributed by atoms with E-state index in [2.05, 4.69) is 50.8 Å². The lowest BCUT2D eigenvalue weighted by molar-refractivity contribution is -0.386. The fourth-order valence-corrected chi connectivity index (χ4v) is 6.27. The number of ether oxygens (including phenoxy) is 3. The maximum Gasteiger partial charge on any atom is 0.315 e. The summed E-state index contributed by atoms with van der Waals surface area (Å²) in [6, 6.07) is 19.4. The molecule has 0 atom stereocenters. The first-order valence-corrected chi connectivity index (χ1v) is 16.4. The second-order valence-electron chi connectivity index (χ2n) is 11.0. The van der Waals surface area contributed by atoms with Crippen molar-refractivity contribution in [3.8, 4) is 28.6 Å². The van der Waals surface area contributed by atoms with Crippen molar-refractivity contribution in [2.45, 2.75) is 40.2 Å². The smallest absolute Gasteiger partial charge is 0.315 e. The first-order valence-electron chi connectivity index (χ1n) is 14.8. The number of nitro groups is 1. The van der Waals surface area contributed by atoms with Crippen LogP contribution in [0.3, 0.4) is 0 Å². The van der Waals surface area contributed by atoms with E-state index < -0.39 is 4.92 Å². The minimum atomic E-state index is -0.533. The molecule has 47 heavy (non-hydrogen) atoms. The molecule has 0 saturated carbocycles. The average molecular weight is 764 g/mol. The number of halogens is 2. The third kappa shape index (κ3) is 7.23. The van der Waals surface area contributed by atoms with Gasteiger partial charge in [-0.15, -0.1) is 0 Å². The zero-order valence-electron chi connectivity index (χ0n) is 26.4. The van der Waals surface area contributed by atoms with Crippen LogP contribution in [0.4, 0.5) is 5.69 Å². The molecule has 10 nitrogen and oxygen atoms in total. The summed E-state index contributed by atoms with van der Waals surface area (Å²) in [4.78, 5) is 30.5. The number of benzene rings is 4. The van der Waals surface area contributed by atoms with Crippen LogP contribution in [-0.2, 0) is 6.61 Å². The second kappa shape index (κ2) is 14.5. The summed E-state index contributed by atoms with van der Waals surface area (Å²) in [5, 5.41) is 17.2. The van der Waals surface area contributed by atoms with Gasteiger partial charge in [-0.1, -0.05) is 63.9 Å². The molecule has 0 bridgehead atoms. The van der Waals surface area contributed by atoms with Gasteiger partial charge >= 0.3 is 5.69 Å². The Morgan fingerprint density at radius 2 is 1.81 bits per heavy atom. The van der Waals surface area contributed by atoms with E-state index in [0.717, 1.165) is 31.4 Å². The Kier molecular flexibility index (Phi) is 10.4. The number of fused-ring (bicyclic) bond motifs is 1. The number of hydrogen-bond donors (Lipinski definition) is 0. The molecule has 0 aliphatic rings. The molecule has 0 amide bonds. The highest BCUT2D eigenvalue weighted by molar-refractivity contribution is 9.11. The number of hydrogen-bond acceptors (Lipinski definition) is 8. The molecule has 0 aliphatic carbocycles. The Morgan fingerprint density at radius 1 is 1.04 bits per heavy atom. The molecule has 0 spiro atoms. The zero-order chi connectivity index (χ0) is 33.8. The lowest BCUT2D eigenvalue weighted by Gasteiger charge is -2.17. The van der Waals surface area contributed by atoms with Crippen LogP contribution in [0.1, 0.15) is 48.9 Å². The Balaban J connectivity index is 1.64. The third-order valence-electron chi connectivity index (χ3n) is 7.46. The molecule has 1 aromatic heterocycles. The van der Waals surface area contributed by atoms with Crippen molar-refractivity contribution >= 4 is 54.7 Å². The topological polar surface area (TPSA) is 118 Å². The summed E-state index contributed by atoms with van der Waals surface area (Å²) in [6.45, 7) is 8.11. The van der Waals surface area contributed by atoms with Gasteiger partial charge in [0.2, 0.25) is 5.75 Å². The van der Waals surface area contributed by atoms with E-state index in [4.69, 9.17) is 19.2 Å². The average Bonchev–Trinajstić information content (AvgIpc) is 3.04. The molecule has 0 aliphatic heterocycles. The Bertz CT molecular complexity index is 2080. The lowest BCUT2D eigenvalue weighted by Crippen LogP contribution is -2.21.